The van der Waals surface area contributed by atoms with Crippen molar-refractivity contribution in [3.63, 3.8) is 0 Å². The molecule has 0 radical (unpaired) electrons. The summed E-state index contributed by atoms with van der Waals surface area (Å²) in [4.78, 5) is 17.0. The van der Waals surface area contributed by atoms with Gasteiger partial charge in [0.15, 0.2) is 11.6 Å². The summed E-state index contributed by atoms with van der Waals surface area (Å²) in [5.41, 5.74) is 7.78. The Balaban J connectivity index is 1.85. The number of hydrogen-bond donors (Lipinski definition) is 2. The van der Waals surface area contributed by atoms with Crippen LogP contribution < -0.4 is 10.9 Å². The molecule has 0 bridgehead atoms. The predicted octanol–water partition coefficient (Wildman–Crippen LogP) is 4.44. The lowest BCUT2D eigenvalue weighted by atomic mass is 10.2. The Labute approximate surface area is 155 Å². The van der Waals surface area contributed by atoms with Gasteiger partial charge in [-0.15, -0.1) is 6.42 Å². The Morgan fingerprint density at radius 2 is 1.81 bits per heavy atom. The van der Waals surface area contributed by atoms with Gasteiger partial charge in [-0.2, -0.15) is 0 Å². The number of benzene rings is 2. The van der Waals surface area contributed by atoms with Gasteiger partial charge in [-0.25, -0.2) is 4.99 Å². The lowest BCUT2D eigenvalue weighted by Gasteiger charge is -2.11. The van der Waals surface area contributed by atoms with Gasteiger partial charge >= 0.3 is 0 Å². The molecule has 2 aromatic carbocycles. The molecule has 0 spiro atoms. The van der Waals surface area contributed by atoms with E-state index in [-0.39, 0.29) is 11.6 Å². The number of hydrazine groups is 1. The fourth-order valence-electron chi connectivity index (χ4n) is 2.09. The normalized spacial score (nSPS) is 10.8. The van der Waals surface area contributed by atoms with E-state index in [9.17, 15) is 4.79 Å². The number of anilines is 1. The van der Waals surface area contributed by atoms with Crippen molar-refractivity contribution in [3.8, 4) is 12.3 Å². The molecule has 0 amide bonds. The van der Waals surface area contributed by atoms with Gasteiger partial charge in [0.2, 0.25) is 0 Å². The third-order valence-corrected chi connectivity index (χ3v) is 3.66. The smallest absolute Gasteiger partial charge is 0.264 e. The number of amidine groups is 1. The maximum atomic E-state index is 12.6. The number of furan rings is 1. The van der Waals surface area contributed by atoms with Crippen molar-refractivity contribution in [1.29, 1.82) is 0 Å². The van der Waals surface area contributed by atoms with Crippen LogP contribution in [0.25, 0.3) is 0 Å². The van der Waals surface area contributed by atoms with Crippen LogP contribution in [0.3, 0.4) is 0 Å². The van der Waals surface area contributed by atoms with Gasteiger partial charge in [-0.3, -0.25) is 15.6 Å². The molecule has 0 aliphatic heterocycles. The molecule has 3 aromatic rings. The number of Topliss-reactive ketones (excluding diaryl/α,β-unsaturated/α-hetero) is 1. The van der Waals surface area contributed by atoms with Crippen LogP contribution in [0.1, 0.15) is 16.1 Å². The van der Waals surface area contributed by atoms with Crippen molar-refractivity contribution in [2.24, 2.45) is 4.99 Å². The number of aliphatic imine (C=N–C) groups is 1. The average Bonchev–Trinajstić information content (AvgIpc) is 3.21. The summed E-state index contributed by atoms with van der Waals surface area (Å²) in [6.45, 7) is 0. The first-order valence-corrected chi connectivity index (χ1v) is 8.04. The van der Waals surface area contributed by atoms with E-state index in [4.69, 9.17) is 22.4 Å². The summed E-state index contributed by atoms with van der Waals surface area (Å²) in [6, 6.07) is 17.2. The Morgan fingerprint density at radius 1 is 1.08 bits per heavy atom. The van der Waals surface area contributed by atoms with Crippen LogP contribution in [-0.4, -0.2) is 11.6 Å². The van der Waals surface area contributed by atoms with E-state index in [1.54, 1.807) is 60.7 Å². The molecule has 0 unspecified atom stereocenters. The monoisotopic (exact) mass is 363 g/mol. The van der Waals surface area contributed by atoms with Crippen LogP contribution in [0.4, 0.5) is 11.4 Å². The van der Waals surface area contributed by atoms with E-state index < -0.39 is 5.78 Å². The first kappa shape index (κ1) is 17.3. The summed E-state index contributed by atoms with van der Waals surface area (Å²) in [6.07, 6.45) is 6.78. The number of halogens is 1. The molecule has 6 heteroatoms. The lowest BCUT2D eigenvalue weighted by Crippen LogP contribution is -2.35. The number of ketones is 1. The summed E-state index contributed by atoms with van der Waals surface area (Å²) >= 11 is 5.87. The van der Waals surface area contributed by atoms with Crippen molar-refractivity contribution in [2.45, 2.75) is 0 Å². The van der Waals surface area contributed by atoms with Crippen LogP contribution in [0, 0.1) is 12.3 Å². The number of rotatable bonds is 5. The minimum absolute atomic E-state index is 0.0726. The number of carbonyl (C=O) groups is 1. The highest BCUT2D eigenvalue weighted by atomic mass is 35.5. The SMILES string of the molecule is C#Cc1ccc(N=C(NNc2ccc(Cl)cc2)C(=O)c2ccco2)cc1. The van der Waals surface area contributed by atoms with E-state index in [1.807, 2.05) is 0 Å². The molecule has 0 saturated heterocycles. The van der Waals surface area contributed by atoms with Gasteiger partial charge in [0.1, 0.15) is 0 Å². The first-order chi connectivity index (χ1) is 12.7. The van der Waals surface area contributed by atoms with Gasteiger partial charge in [0.05, 0.1) is 17.6 Å². The van der Waals surface area contributed by atoms with Gasteiger partial charge in [0, 0.05) is 10.6 Å². The molecular weight excluding hydrogens is 350 g/mol. The first-order valence-electron chi connectivity index (χ1n) is 7.67. The highest BCUT2D eigenvalue weighted by molar-refractivity contribution is 6.44. The summed E-state index contributed by atoms with van der Waals surface area (Å²) < 4.78 is 5.18. The molecule has 3 rings (SSSR count). The Kier molecular flexibility index (Phi) is 5.37. The van der Waals surface area contributed by atoms with Crippen LogP contribution in [0.15, 0.2) is 76.3 Å². The second kappa shape index (κ2) is 8.06. The minimum Gasteiger partial charge on any atom is -0.461 e. The third-order valence-electron chi connectivity index (χ3n) is 3.40. The molecule has 5 nitrogen and oxygen atoms in total. The highest BCUT2D eigenvalue weighted by Gasteiger charge is 2.17. The standard InChI is InChI=1S/C20H14ClN3O2/c1-2-14-5-9-16(10-6-14)22-20(19(25)18-4-3-13-26-18)24-23-17-11-7-15(21)8-12-17/h1,3-13,23H,(H,22,24). The summed E-state index contributed by atoms with van der Waals surface area (Å²) in [5, 5.41) is 0.615. The topological polar surface area (TPSA) is 66.6 Å². The second-order valence-corrected chi connectivity index (χ2v) is 5.65. The number of terminal acetylenes is 1. The molecule has 2 N–H and O–H groups in total. The maximum Gasteiger partial charge on any atom is 0.264 e. The molecule has 0 saturated carbocycles. The number of nitrogens with one attached hydrogen (secondary N) is 2. The molecule has 1 heterocycles. The van der Waals surface area contributed by atoms with Crippen molar-refractivity contribution in [3.05, 3.63) is 83.3 Å². The quantitative estimate of drug-likeness (QED) is 0.231. The van der Waals surface area contributed by atoms with E-state index in [2.05, 4.69) is 21.8 Å². The lowest BCUT2D eigenvalue weighted by molar-refractivity contribution is 0.103. The van der Waals surface area contributed by atoms with Crippen molar-refractivity contribution in [1.82, 2.24) is 5.43 Å². The Bertz CT molecular complexity index is 954. The maximum absolute atomic E-state index is 12.6. The highest BCUT2D eigenvalue weighted by Crippen LogP contribution is 2.15. The molecule has 128 valence electrons. The zero-order valence-corrected chi connectivity index (χ0v) is 14.3. The van der Waals surface area contributed by atoms with Gasteiger partial charge in [-0.05, 0) is 60.7 Å². The van der Waals surface area contributed by atoms with E-state index in [0.717, 1.165) is 11.3 Å². The molecule has 0 fully saturated rings. The van der Waals surface area contributed by atoms with E-state index in [1.165, 1.54) is 6.26 Å². The molecular formula is C20H14ClN3O2. The van der Waals surface area contributed by atoms with Crippen LogP contribution >= 0.6 is 11.6 Å². The molecule has 0 atom stereocenters. The average molecular weight is 364 g/mol. The van der Waals surface area contributed by atoms with Crippen LogP contribution in [-0.2, 0) is 0 Å². The third kappa shape index (κ3) is 4.32. The molecule has 0 aliphatic rings. The van der Waals surface area contributed by atoms with Gasteiger partial charge in [-0.1, -0.05) is 17.5 Å². The minimum atomic E-state index is -0.391. The fraction of sp³-hybridized carbons (Fsp3) is 0. The fourth-order valence-corrected chi connectivity index (χ4v) is 2.21. The Morgan fingerprint density at radius 3 is 2.42 bits per heavy atom. The molecule has 0 aliphatic carbocycles. The number of nitrogens with zero attached hydrogens (tertiary/aromatic N) is 1. The van der Waals surface area contributed by atoms with Gasteiger partial charge < -0.3 is 4.42 Å². The van der Waals surface area contributed by atoms with Crippen molar-refractivity contribution < 1.29 is 9.21 Å². The van der Waals surface area contributed by atoms with E-state index in [0.29, 0.717) is 10.7 Å². The van der Waals surface area contributed by atoms with Crippen LogP contribution in [0.2, 0.25) is 5.02 Å². The number of carbonyl (C=O) groups excluding carboxylic acids is 1. The van der Waals surface area contributed by atoms with Gasteiger partial charge in [0.25, 0.3) is 5.78 Å². The van der Waals surface area contributed by atoms with Crippen molar-refractivity contribution in [2.75, 3.05) is 5.43 Å². The zero-order chi connectivity index (χ0) is 18.4. The summed E-state index contributed by atoms with van der Waals surface area (Å²) in [7, 11) is 0. The Hall–Kier alpha value is -3.49. The molecule has 1 aromatic heterocycles. The summed E-state index contributed by atoms with van der Waals surface area (Å²) in [5.74, 6) is 2.39. The predicted molar refractivity (Wildman–Crippen MR) is 103 cm³/mol. The zero-order valence-electron chi connectivity index (χ0n) is 13.6. The largest absolute Gasteiger partial charge is 0.461 e. The molecule has 26 heavy (non-hydrogen) atoms. The van der Waals surface area contributed by atoms with E-state index >= 15 is 0 Å². The number of hydrogen-bond acceptors (Lipinski definition) is 4. The van der Waals surface area contributed by atoms with Crippen LogP contribution in [0.5, 0.6) is 0 Å². The van der Waals surface area contributed by atoms with Crippen molar-refractivity contribution >= 4 is 34.6 Å². The second-order valence-electron chi connectivity index (χ2n) is 5.21.